The molecule has 7 heteroatoms. The van der Waals surface area contributed by atoms with Gasteiger partial charge in [-0.25, -0.2) is 0 Å². The van der Waals surface area contributed by atoms with Crippen molar-refractivity contribution in [3.05, 3.63) is 22.6 Å². The van der Waals surface area contributed by atoms with E-state index >= 15 is 0 Å². The lowest BCUT2D eigenvalue weighted by molar-refractivity contribution is 0.0357. The van der Waals surface area contributed by atoms with Crippen LogP contribution in [0.1, 0.15) is 30.6 Å². The Balaban J connectivity index is 0.00000139. The maximum absolute atomic E-state index is 11.0. The van der Waals surface area contributed by atoms with Gasteiger partial charge in [-0.3, -0.25) is 9.69 Å². The topological polar surface area (TPSA) is 77.4 Å². The molecule has 24 heavy (non-hydrogen) atoms. The second kappa shape index (κ2) is 11.5. The SMILES string of the molecule is CC.COc1cc(N=O)c(C=O)cc1OCCCN1CCOCC1. The Morgan fingerprint density at radius 1 is 1.25 bits per heavy atom. The fourth-order valence-corrected chi connectivity index (χ4v) is 2.31. The van der Waals surface area contributed by atoms with Crippen molar-refractivity contribution in [1.82, 2.24) is 4.90 Å². The normalized spacial score (nSPS) is 14.3. The molecule has 0 bridgehead atoms. The lowest BCUT2D eigenvalue weighted by Gasteiger charge is -2.26. The quantitative estimate of drug-likeness (QED) is 0.412. The summed E-state index contributed by atoms with van der Waals surface area (Å²) in [5.41, 5.74) is 0.242. The summed E-state index contributed by atoms with van der Waals surface area (Å²) in [6.45, 7) is 8.87. The summed E-state index contributed by atoms with van der Waals surface area (Å²) in [7, 11) is 1.48. The van der Waals surface area contributed by atoms with E-state index in [0.29, 0.717) is 24.4 Å². The number of hydrogen-bond donors (Lipinski definition) is 0. The molecule has 0 aliphatic carbocycles. The van der Waals surface area contributed by atoms with Crippen LogP contribution < -0.4 is 9.47 Å². The standard InChI is InChI=1S/C15H20N2O5.C2H6/c1-20-14-10-13(16-19)12(11-18)9-15(14)22-6-2-3-17-4-7-21-8-5-17;1-2/h9-11H,2-8H2,1H3;1-2H3. The van der Waals surface area contributed by atoms with E-state index in [4.69, 9.17) is 14.2 Å². The van der Waals surface area contributed by atoms with Gasteiger partial charge in [0.25, 0.3) is 0 Å². The van der Waals surface area contributed by atoms with E-state index in [2.05, 4.69) is 10.1 Å². The van der Waals surface area contributed by atoms with Crippen LogP contribution in [-0.4, -0.2) is 57.8 Å². The van der Waals surface area contributed by atoms with Gasteiger partial charge in [0.2, 0.25) is 0 Å². The minimum absolute atomic E-state index is 0.0486. The van der Waals surface area contributed by atoms with Gasteiger partial charge in [0.15, 0.2) is 17.8 Å². The smallest absolute Gasteiger partial charge is 0.163 e. The molecule has 0 spiro atoms. The maximum atomic E-state index is 11.0. The van der Waals surface area contributed by atoms with Crippen LogP contribution in [0, 0.1) is 4.91 Å². The van der Waals surface area contributed by atoms with Crippen molar-refractivity contribution in [3.63, 3.8) is 0 Å². The highest BCUT2D eigenvalue weighted by Crippen LogP contribution is 2.34. The van der Waals surface area contributed by atoms with E-state index in [1.165, 1.54) is 19.2 Å². The monoisotopic (exact) mass is 338 g/mol. The third-order valence-corrected chi connectivity index (χ3v) is 3.52. The number of benzene rings is 1. The van der Waals surface area contributed by atoms with Crippen LogP contribution in [0.2, 0.25) is 0 Å². The van der Waals surface area contributed by atoms with Gasteiger partial charge < -0.3 is 14.2 Å². The largest absolute Gasteiger partial charge is 0.493 e. The first-order valence-electron chi connectivity index (χ1n) is 8.22. The highest BCUT2D eigenvalue weighted by Gasteiger charge is 2.13. The Bertz CT molecular complexity index is 516. The van der Waals surface area contributed by atoms with Crippen LogP contribution in [0.3, 0.4) is 0 Å². The third-order valence-electron chi connectivity index (χ3n) is 3.52. The zero-order chi connectivity index (χ0) is 17.8. The van der Waals surface area contributed by atoms with Gasteiger partial charge in [-0.1, -0.05) is 13.8 Å². The average molecular weight is 338 g/mol. The van der Waals surface area contributed by atoms with Gasteiger partial charge in [0.05, 0.1) is 26.9 Å². The molecule has 0 unspecified atom stereocenters. The zero-order valence-electron chi connectivity index (χ0n) is 14.6. The third kappa shape index (κ3) is 5.90. The van der Waals surface area contributed by atoms with Crippen LogP contribution in [0.15, 0.2) is 17.3 Å². The highest BCUT2D eigenvalue weighted by atomic mass is 16.5. The first kappa shape index (κ1) is 20.1. The van der Waals surface area contributed by atoms with Gasteiger partial charge in [-0.15, -0.1) is 4.91 Å². The molecule has 1 aliphatic rings. The molecule has 0 aromatic heterocycles. The summed E-state index contributed by atoms with van der Waals surface area (Å²) >= 11 is 0. The molecular weight excluding hydrogens is 312 g/mol. The molecule has 2 rings (SSSR count). The average Bonchev–Trinajstić information content (AvgIpc) is 2.67. The molecule has 1 aliphatic heterocycles. The molecule has 1 saturated heterocycles. The van der Waals surface area contributed by atoms with Crippen molar-refractivity contribution in [2.24, 2.45) is 5.18 Å². The van der Waals surface area contributed by atoms with Gasteiger partial charge in [0, 0.05) is 31.3 Å². The molecule has 1 fully saturated rings. The zero-order valence-corrected chi connectivity index (χ0v) is 14.6. The molecular formula is C17H26N2O5. The number of aldehydes is 1. The minimum Gasteiger partial charge on any atom is -0.493 e. The fraction of sp³-hybridized carbons (Fsp3) is 0.588. The summed E-state index contributed by atoms with van der Waals surface area (Å²) in [6.07, 6.45) is 1.43. The maximum Gasteiger partial charge on any atom is 0.163 e. The fourth-order valence-electron chi connectivity index (χ4n) is 2.31. The summed E-state index contributed by atoms with van der Waals surface area (Å²) in [6, 6.07) is 2.89. The molecule has 0 amide bonds. The molecule has 0 N–H and O–H groups in total. The summed E-state index contributed by atoms with van der Waals surface area (Å²) < 4.78 is 16.1. The lowest BCUT2D eigenvalue weighted by atomic mass is 10.2. The van der Waals surface area contributed by atoms with Crippen LogP contribution in [0.25, 0.3) is 0 Å². The van der Waals surface area contributed by atoms with Crippen LogP contribution in [0.5, 0.6) is 11.5 Å². The molecule has 0 atom stereocenters. The Morgan fingerprint density at radius 3 is 2.54 bits per heavy atom. The highest BCUT2D eigenvalue weighted by molar-refractivity contribution is 5.84. The summed E-state index contributed by atoms with van der Waals surface area (Å²) in [4.78, 5) is 24.0. The summed E-state index contributed by atoms with van der Waals surface area (Å²) in [5, 5.41) is 2.81. The van der Waals surface area contributed by atoms with Crippen LogP contribution in [0.4, 0.5) is 5.69 Å². The number of carbonyl (C=O) groups is 1. The Hall–Kier alpha value is -1.99. The molecule has 0 radical (unpaired) electrons. The van der Waals surface area contributed by atoms with Gasteiger partial charge in [0.1, 0.15) is 5.69 Å². The first-order valence-corrected chi connectivity index (χ1v) is 8.22. The number of methoxy groups -OCH3 is 1. The summed E-state index contributed by atoms with van der Waals surface area (Å²) in [5.74, 6) is 0.838. The predicted molar refractivity (Wildman–Crippen MR) is 92.6 cm³/mol. The van der Waals surface area contributed by atoms with Crippen molar-refractivity contribution in [3.8, 4) is 11.5 Å². The minimum atomic E-state index is 0.0486. The van der Waals surface area contributed by atoms with Crippen LogP contribution in [-0.2, 0) is 4.74 Å². The van der Waals surface area contributed by atoms with Crippen LogP contribution >= 0.6 is 0 Å². The molecule has 0 saturated carbocycles. The van der Waals surface area contributed by atoms with Gasteiger partial charge in [-0.2, -0.15) is 0 Å². The first-order chi connectivity index (χ1) is 11.8. The van der Waals surface area contributed by atoms with E-state index in [1.54, 1.807) is 0 Å². The van der Waals surface area contributed by atoms with Crippen molar-refractivity contribution in [2.45, 2.75) is 20.3 Å². The van der Waals surface area contributed by atoms with Gasteiger partial charge in [-0.05, 0) is 17.7 Å². The Kier molecular flexibility index (Phi) is 9.64. The number of rotatable bonds is 8. The van der Waals surface area contributed by atoms with E-state index in [1.807, 2.05) is 13.8 Å². The van der Waals surface area contributed by atoms with Gasteiger partial charge >= 0.3 is 0 Å². The number of hydrogen-bond acceptors (Lipinski definition) is 7. The second-order valence-corrected chi connectivity index (χ2v) is 4.93. The van der Waals surface area contributed by atoms with E-state index in [0.717, 1.165) is 39.3 Å². The lowest BCUT2D eigenvalue weighted by Crippen LogP contribution is -2.37. The second-order valence-electron chi connectivity index (χ2n) is 4.93. The number of morpholine rings is 1. The molecule has 134 valence electrons. The number of nitrogens with zero attached hydrogens (tertiary/aromatic N) is 2. The van der Waals surface area contributed by atoms with Crippen molar-refractivity contribution in [2.75, 3.05) is 46.6 Å². The Morgan fingerprint density at radius 2 is 1.96 bits per heavy atom. The number of ether oxygens (including phenoxy) is 3. The number of carbonyl (C=O) groups excluding carboxylic acids is 1. The van der Waals surface area contributed by atoms with E-state index < -0.39 is 0 Å². The van der Waals surface area contributed by atoms with E-state index in [9.17, 15) is 9.70 Å². The molecule has 1 aromatic rings. The molecule has 1 aromatic carbocycles. The van der Waals surface area contributed by atoms with Crippen molar-refractivity contribution < 1.29 is 19.0 Å². The van der Waals surface area contributed by atoms with Crippen molar-refractivity contribution >= 4 is 12.0 Å². The van der Waals surface area contributed by atoms with Crippen molar-refractivity contribution in [1.29, 1.82) is 0 Å². The van der Waals surface area contributed by atoms with E-state index in [-0.39, 0.29) is 11.3 Å². The molecule has 1 heterocycles. The predicted octanol–water partition coefficient (Wildman–Crippen LogP) is 3.03. The Labute approximate surface area is 142 Å². The number of nitroso groups, excluding NO2 is 1. The molecule has 7 nitrogen and oxygen atoms in total.